The summed E-state index contributed by atoms with van der Waals surface area (Å²) >= 11 is 1.54. The zero-order chi connectivity index (χ0) is 25.4. The third-order valence-electron chi connectivity index (χ3n) is 6.05. The molecule has 1 aliphatic rings. The fourth-order valence-corrected chi connectivity index (χ4v) is 5.21. The molecule has 9 heteroatoms. The predicted molar refractivity (Wildman–Crippen MR) is 135 cm³/mol. The topological polar surface area (TPSA) is 107 Å². The number of nitriles is 1. The van der Waals surface area contributed by atoms with Gasteiger partial charge in [-0.15, -0.1) is 11.3 Å². The van der Waals surface area contributed by atoms with Crippen molar-refractivity contribution in [3.05, 3.63) is 74.5 Å². The van der Waals surface area contributed by atoms with Crippen molar-refractivity contribution in [3.63, 3.8) is 0 Å². The molecule has 1 saturated heterocycles. The van der Waals surface area contributed by atoms with Crippen LogP contribution in [0.3, 0.4) is 0 Å². The molecule has 0 spiro atoms. The summed E-state index contributed by atoms with van der Waals surface area (Å²) in [5.74, 6) is -1.04. The minimum Gasteiger partial charge on any atom is -0.325 e. The maximum atomic E-state index is 12.9. The number of hydrogen-bond donors (Lipinski definition) is 2. The molecular formula is C26H25N5O3S. The van der Waals surface area contributed by atoms with E-state index in [-0.39, 0.29) is 5.70 Å². The molecule has 35 heavy (non-hydrogen) atoms. The summed E-state index contributed by atoms with van der Waals surface area (Å²) in [4.78, 5) is 39.8. The zero-order valence-electron chi connectivity index (χ0n) is 20.1. The molecule has 0 unspecified atom stereocenters. The summed E-state index contributed by atoms with van der Waals surface area (Å²) in [5, 5.41) is 15.8. The minimum absolute atomic E-state index is 0.0948. The molecule has 8 nitrogen and oxygen atoms in total. The number of nitrogens with zero attached hydrogens (tertiary/aromatic N) is 3. The largest absolute Gasteiger partial charge is 0.329 e. The number of rotatable bonds is 5. The van der Waals surface area contributed by atoms with E-state index in [1.807, 2.05) is 57.4 Å². The normalized spacial score (nSPS) is 14.4. The molecule has 1 aliphatic heterocycles. The van der Waals surface area contributed by atoms with Gasteiger partial charge < -0.3 is 15.2 Å². The van der Waals surface area contributed by atoms with Crippen LogP contribution in [-0.4, -0.2) is 33.9 Å². The molecule has 1 aromatic carbocycles. The Morgan fingerprint density at radius 1 is 1.14 bits per heavy atom. The van der Waals surface area contributed by atoms with E-state index in [9.17, 15) is 19.6 Å². The van der Waals surface area contributed by atoms with E-state index < -0.39 is 24.4 Å². The van der Waals surface area contributed by atoms with E-state index in [1.54, 1.807) is 29.5 Å². The molecule has 0 saturated carbocycles. The van der Waals surface area contributed by atoms with Crippen LogP contribution in [0.5, 0.6) is 0 Å². The number of carbonyl (C=O) groups excluding carboxylic acids is 3. The molecular weight excluding hydrogens is 462 g/mol. The Hall–Kier alpha value is -4.16. The average Bonchev–Trinajstić information content (AvgIpc) is 3.35. The fraction of sp³-hybridized carbons (Fsp3) is 0.231. The van der Waals surface area contributed by atoms with Crippen LogP contribution in [0.1, 0.15) is 38.5 Å². The first-order valence-electron chi connectivity index (χ1n) is 11.0. The Morgan fingerprint density at radius 2 is 1.83 bits per heavy atom. The number of benzene rings is 1. The van der Waals surface area contributed by atoms with Gasteiger partial charge in [0.15, 0.2) is 0 Å². The van der Waals surface area contributed by atoms with E-state index in [1.165, 1.54) is 0 Å². The minimum atomic E-state index is -0.648. The summed E-state index contributed by atoms with van der Waals surface area (Å²) in [7, 11) is 0. The standard InChI is InChI=1S/C26H25N5O3S/c1-14-6-8-20(9-7-14)28-23(32)13-30-24(33)22(29-26(30)34)11-19-10-15(2)31(17(19)4)25-21(12-27)16(3)18(5)35-25/h6-11H,13H2,1-5H3,(H,28,32)(H,29,34). The van der Waals surface area contributed by atoms with E-state index in [2.05, 4.69) is 16.7 Å². The van der Waals surface area contributed by atoms with Crippen LogP contribution in [0.4, 0.5) is 10.5 Å². The summed E-state index contributed by atoms with van der Waals surface area (Å²) in [6.45, 7) is 9.29. The number of hydrogen-bond acceptors (Lipinski definition) is 5. The summed E-state index contributed by atoms with van der Waals surface area (Å²) in [6, 6.07) is 10.8. The van der Waals surface area contributed by atoms with Gasteiger partial charge in [-0.3, -0.25) is 9.59 Å². The third-order valence-corrected chi connectivity index (χ3v) is 7.24. The third kappa shape index (κ3) is 4.48. The van der Waals surface area contributed by atoms with Gasteiger partial charge in [0.1, 0.15) is 23.3 Å². The predicted octanol–water partition coefficient (Wildman–Crippen LogP) is 4.48. The lowest BCUT2D eigenvalue weighted by molar-refractivity contribution is -0.127. The van der Waals surface area contributed by atoms with Crippen molar-refractivity contribution in [2.24, 2.45) is 0 Å². The van der Waals surface area contributed by atoms with Crippen molar-refractivity contribution in [2.75, 3.05) is 11.9 Å². The lowest BCUT2D eigenvalue weighted by Crippen LogP contribution is -2.38. The number of amides is 4. The van der Waals surface area contributed by atoms with Gasteiger partial charge in [0.2, 0.25) is 5.91 Å². The number of anilines is 1. The molecule has 3 aromatic rings. The van der Waals surface area contributed by atoms with Crippen LogP contribution < -0.4 is 10.6 Å². The fourth-order valence-electron chi connectivity index (χ4n) is 4.00. The van der Waals surface area contributed by atoms with Crippen LogP contribution >= 0.6 is 11.3 Å². The number of aromatic nitrogens is 1. The lowest BCUT2D eigenvalue weighted by Gasteiger charge is -2.12. The first-order chi connectivity index (χ1) is 16.6. The average molecular weight is 488 g/mol. The molecule has 4 rings (SSSR count). The highest BCUT2D eigenvalue weighted by Crippen LogP contribution is 2.34. The van der Waals surface area contributed by atoms with Crippen molar-refractivity contribution < 1.29 is 14.4 Å². The van der Waals surface area contributed by atoms with Crippen LogP contribution in [-0.2, 0) is 9.59 Å². The second-order valence-electron chi connectivity index (χ2n) is 8.53. The number of carbonyl (C=O) groups is 3. The second-order valence-corrected chi connectivity index (χ2v) is 9.73. The molecule has 3 heterocycles. The molecule has 178 valence electrons. The highest BCUT2D eigenvalue weighted by atomic mass is 32.1. The number of thiophene rings is 1. The van der Waals surface area contributed by atoms with Gasteiger partial charge >= 0.3 is 6.03 Å². The van der Waals surface area contributed by atoms with Gasteiger partial charge in [0.05, 0.1) is 5.56 Å². The highest BCUT2D eigenvalue weighted by molar-refractivity contribution is 7.14. The van der Waals surface area contributed by atoms with Crippen molar-refractivity contribution in [2.45, 2.75) is 34.6 Å². The quantitative estimate of drug-likeness (QED) is 0.409. The number of urea groups is 1. The van der Waals surface area contributed by atoms with E-state index in [0.717, 1.165) is 42.9 Å². The molecule has 0 bridgehead atoms. The zero-order valence-corrected chi connectivity index (χ0v) is 21.0. The van der Waals surface area contributed by atoms with Gasteiger partial charge in [-0.25, -0.2) is 9.69 Å². The maximum Gasteiger partial charge on any atom is 0.329 e. The number of nitrogens with one attached hydrogen (secondary N) is 2. The first-order valence-corrected chi connectivity index (χ1v) is 11.8. The van der Waals surface area contributed by atoms with Gasteiger partial charge in [0.25, 0.3) is 5.91 Å². The van der Waals surface area contributed by atoms with Gasteiger partial charge in [-0.05, 0) is 70.0 Å². The van der Waals surface area contributed by atoms with Crippen LogP contribution in [0.25, 0.3) is 11.1 Å². The Labute approximate surface area is 207 Å². The van der Waals surface area contributed by atoms with Gasteiger partial charge in [-0.2, -0.15) is 5.26 Å². The molecule has 0 atom stereocenters. The van der Waals surface area contributed by atoms with Crippen molar-refractivity contribution in [1.82, 2.24) is 14.8 Å². The molecule has 0 aliphatic carbocycles. The summed E-state index contributed by atoms with van der Waals surface area (Å²) < 4.78 is 1.99. The molecule has 1 fully saturated rings. The summed E-state index contributed by atoms with van der Waals surface area (Å²) in [5.41, 5.74) is 5.80. The van der Waals surface area contributed by atoms with Crippen molar-refractivity contribution in [1.29, 1.82) is 5.26 Å². The Kier molecular flexibility index (Phi) is 6.33. The van der Waals surface area contributed by atoms with E-state index >= 15 is 0 Å². The van der Waals surface area contributed by atoms with E-state index in [0.29, 0.717) is 11.3 Å². The Bertz CT molecular complexity index is 1440. The molecule has 2 aromatic heterocycles. The van der Waals surface area contributed by atoms with Gasteiger partial charge in [0, 0.05) is 22.0 Å². The Balaban J connectivity index is 1.57. The lowest BCUT2D eigenvalue weighted by atomic mass is 10.2. The second kappa shape index (κ2) is 9.24. The van der Waals surface area contributed by atoms with Crippen LogP contribution in [0.2, 0.25) is 0 Å². The SMILES string of the molecule is Cc1ccc(NC(=O)CN2C(=O)NC(=Cc3cc(C)n(-c4sc(C)c(C)c4C#N)c3C)C2=O)cc1. The number of aryl methyl sites for hydroxylation is 3. The maximum absolute atomic E-state index is 12.9. The number of imide groups is 1. The van der Waals surface area contributed by atoms with E-state index in [4.69, 9.17) is 0 Å². The van der Waals surface area contributed by atoms with Crippen molar-refractivity contribution >= 4 is 40.9 Å². The Morgan fingerprint density at radius 3 is 2.49 bits per heavy atom. The van der Waals surface area contributed by atoms with Crippen LogP contribution in [0.15, 0.2) is 36.0 Å². The first kappa shape index (κ1) is 24.0. The smallest absolute Gasteiger partial charge is 0.325 e. The molecule has 0 radical (unpaired) electrons. The van der Waals surface area contributed by atoms with Gasteiger partial charge in [-0.1, -0.05) is 17.7 Å². The molecule has 4 amide bonds. The highest BCUT2D eigenvalue weighted by Gasteiger charge is 2.35. The molecule has 2 N–H and O–H groups in total. The summed E-state index contributed by atoms with van der Waals surface area (Å²) in [6.07, 6.45) is 1.61. The van der Waals surface area contributed by atoms with Crippen molar-refractivity contribution in [3.8, 4) is 11.1 Å². The van der Waals surface area contributed by atoms with Crippen LogP contribution in [0, 0.1) is 45.9 Å². The monoisotopic (exact) mass is 487 g/mol.